The SMILES string of the molecule is C=S(=O)(CCOCC)N1CCC(c2c[nH]c3c(C(N)=O)cc(-c4ccccc4)cc23)CC1. The molecule has 0 spiro atoms. The first-order valence-electron chi connectivity index (χ1n) is 11.1. The highest BCUT2D eigenvalue weighted by molar-refractivity contribution is 7.98. The van der Waals surface area contributed by atoms with E-state index in [1.165, 1.54) is 5.56 Å². The molecule has 170 valence electrons. The van der Waals surface area contributed by atoms with Crippen LogP contribution in [0.3, 0.4) is 0 Å². The molecule has 7 heteroatoms. The molecule has 3 N–H and O–H groups in total. The third-order valence-corrected chi connectivity index (χ3v) is 8.42. The molecule has 1 amide bonds. The van der Waals surface area contributed by atoms with Crippen LogP contribution in [0.2, 0.25) is 0 Å². The highest BCUT2D eigenvalue weighted by Crippen LogP contribution is 2.37. The Kier molecular flexibility index (Phi) is 6.69. The lowest BCUT2D eigenvalue weighted by molar-refractivity contribution is 0.100. The van der Waals surface area contributed by atoms with Gasteiger partial charge >= 0.3 is 0 Å². The monoisotopic (exact) mass is 453 g/mol. The lowest BCUT2D eigenvalue weighted by Gasteiger charge is -2.34. The number of nitrogens with two attached hydrogens (primary N) is 1. The normalized spacial score (nSPS) is 17.4. The number of hydrogen-bond acceptors (Lipinski definition) is 3. The van der Waals surface area contributed by atoms with Gasteiger partial charge in [-0.05, 0) is 60.4 Å². The Hall–Kier alpha value is -2.61. The van der Waals surface area contributed by atoms with Crippen molar-refractivity contribution in [2.24, 2.45) is 5.73 Å². The number of H-pyrrole nitrogens is 1. The van der Waals surface area contributed by atoms with Gasteiger partial charge in [-0.2, -0.15) is 0 Å². The van der Waals surface area contributed by atoms with Gasteiger partial charge in [0.25, 0.3) is 5.91 Å². The summed E-state index contributed by atoms with van der Waals surface area (Å²) in [5.74, 6) is 4.33. The Morgan fingerprint density at radius 1 is 1.22 bits per heavy atom. The van der Waals surface area contributed by atoms with Crippen LogP contribution in [0.5, 0.6) is 0 Å². The maximum Gasteiger partial charge on any atom is 0.250 e. The fourth-order valence-corrected chi connectivity index (χ4v) is 6.06. The molecule has 0 aliphatic carbocycles. The molecule has 32 heavy (non-hydrogen) atoms. The standard InChI is InChI=1S/C25H31N3O3S/c1-3-31-13-14-32(2,30)28-11-9-19(10-12-28)23-17-27-24-21(23)15-20(16-22(24)25(26)29)18-7-5-4-6-8-18/h4-8,15-17,19,27H,2-3,9-14H2,1H3,(H2,26,29). The lowest BCUT2D eigenvalue weighted by Crippen LogP contribution is -2.39. The van der Waals surface area contributed by atoms with E-state index >= 15 is 0 Å². The zero-order valence-electron chi connectivity index (χ0n) is 18.5. The van der Waals surface area contributed by atoms with Crippen molar-refractivity contribution in [1.29, 1.82) is 0 Å². The number of rotatable bonds is 8. The van der Waals surface area contributed by atoms with Crippen LogP contribution in [-0.2, 0) is 14.4 Å². The first kappa shape index (κ1) is 22.6. The molecule has 3 aromatic rings. The van der Waals surface area contributed by atoms with E-state index in [0.29, 0.717) is 30.4 Å². The molecule has 1 aliphatic rings. The number of nitrogens with one attached hydrogen (secondary N) is 1. The van der Waals surface area contributed by atoms with Crippen LogP contribution >= 0.6 is 0 Å². The van der Waals surface area contributed by atoms with Gasteiger partial charge in [-0.25, -0.2) is 4.31 Å². The number of nitrogens with zero attached hydrogens (tertiary/aromatic N) is 1. The van der Waals surface area contributed by atoms with Crippen LogP contribution in [-0.4, -0.2) is 57.3 Å². The minimum atomic E-state index is -2.31. The van der Waals surface area contributed by atoms with Crippen molar-refractivity contribution in [3.8, 4) is 11.1 Å². The van der Waals surface area contributed by atoms with Gasteiger partial charge < -0.3 is 15.5 Å². The van der Waals surface area contributed by atoms with E-state index in [2.05, 4.69) is 16.9 Å². The summed E-state index contributed by atoms with van der Waals surface area (Å²) in [6, 6.07) is 14.0. The smallest absolute Gasteiger partial charge is 0.250 e. The summed E-state index contributed by atoms with van der Waals surface area (Å²) in [7, 11) is -2.31. The van der Waals surface area contributed by atoms with Gasteiger partial charge in [-0.3, -0.25) is 9.00 Å². The Morgan fingerprint density at radius 2 is 1.94 bits per heavy atom. The van der Waals surface area contributed by atoms with Crippen LogP contribution in [0.25, 0.3) is 22.0 Å². The van der Waals surface area contributed by atoms with Gasteiger partial charge in [-0.1, -0.05) is 30.3 Å². The van der Waals surface area contributed by atoms with E-state index < -0.39 is 15.6 Å². The fourth-order valence-electron chi connectivity index (χ4n) is 4.54. The number of primary amides is 1. The molecule has 1 unspecified atom stereocenters. The topological polar surface area (TPSA) is 88.4 Å². The van der Waals surface area contributed by atoms with Crippen LogP contribution in [0.15, 0.2) is 48.7 Å². The zero-order chi connectivity index (χ0) is 22.7. The maximum absolute atomic E-state index is 13.0. The number of benzene rings is 2. The first-order valence-corrected chi connectivity index (χ1v) is 12.9. The zero-order valence-corrected chi connectivity index (χ0v) is 19.3. The summed E-state index contributed by atoms with van der Waals surface area (Å²) in [4.78, 5) is 15.5. The summed E-state index contributed by atoms with van der Waals surface area (Å²) >= 11 is 0. The summed E-state index contributed by atoms with van der Waals surface area (Å²) < 4.78 is 20.4. The summed E-state index contributed by atoms with van der Waals surface area (Å²) in [5.41, 5.74) is 10.2. The number of aromatic amines is 1. The summed E-state index contributed by atoms with van der Waals surface area (Å²) in [5, 5.41) is 1.03. The van der Waals surface area contributed by atoms with Crippen molar-refractivity contribution in [2.75, 3.05) is 32.1 Å². The van der Waals surface area contributed by atoms with E-state index in [-0.39, 0.29) is 0 Å². The molecule has 2 aromatic carbocycles. The Morgan fingerprint density at radius 3 is 2.59 bits per heavy atom. The molecule has 1 saturated heterocycles. The number of ether oxygens (including phenoxy) is 1. The number of carbonyl (C=O) groups excluding carboxylic acids is 1. The van der Waals surface area contributed by atoms with Gasteiger partial charge in [0.05, 0.1) is 23.4 Å². The van der Waals surface area contributed by atoms with E-state index in [9.17, 15) is 9.00 Å². The van der Waals surface area contributed by atoms with Crippen LogP contribution in [0.4, 0.5) is 0 Å². The average molecular weight is 454 g/mol. The van der Waals surface area contributed by atoms with Crippen LogP contribution in [0, 0.1) is 0 Å². The molecule has 1 aromatic heterocycles. The Balaban J connectivity index is 1.60. The largest absolute Gasteiger partial charge is 0.381 e. The number of piperidine rings is 1. The van der Waals surface area contributed by atoms with Crippen molar-refractivity contribution < 1.29 is 13.7 Å². The molecule has 6 nitrogen and oxygen atoms in total. The predicted octanol–water partition coefficient (Wildman–Crippen LogP) is 3.78. The van der Waals surface area contributed by atoms with E-state index in [0.717, 1.165) is 48.0 Å². The Labute approximate surface area is 189 Å². The second-order valence-electron chi connectivity index (χ2n) is 8.30. The number of aromatic nitrogens is 1. The highest BCUT2D eigenvalue weighted by Gasteiger charge is 2.27. The summed E-state index contributed by atoms with van der Waals surface area (Å²) in [6.07, 6.45) is 3.77. The van der Waals surface area contributed by atoms with Gasteiger partial charge in [-0.15, -0.1) is 0 Å². The quantitative estimate of drug-likeness (QED) is 0.402. The second-order valence-corrected chi connectivity index (χ2v) is 10.8. The predicted molar refractivity (Wildman–Crippen MR) is 132 cm³/mol. The molecule has 2 heterocycles. The molecular weight excluding hydrogens is 422 g/mol. The highest BCUT2D eigenvalue weighted by atomic mass is 32.2. The summed E-state index contributed by atoms with van der Waals surface area (Å²) in [6.45, 7) is 4.49. The molecular formula is C25H31N3O3S. The third-order valence-electron chi connectivity index (χ3n) is 6.31. The third kappa shape index (κ3) is 4.60. The molecule has 0 bridgehead atoms. The molecule has 4 rings (SSSR count). The van der Waals surface area contributed by atoms with Crippen LogP contribution < -0.4 is 5.73 Å². The van der Waals surface area contributed by atoms with Gasteiger partial charge in [0.2, 0.25) is 0 Å². The first-order chi connectivity index (χ1) is 15.4. The number of carbonyl (C=O) groups is 1. The van der Waals surface area contributed by atoms with Crippen molar-refractivity contribution in [3.63, 3.8) is 0 Å². The molecule has 1 aliphatic heterocycles. The van der Waals surface area contributed by atoms with Crippen molar-refractivity contribution in [1.82, 2.24) is 9.29 Å². The van der Waals surface area contributed by atoms with Gasteiger partial charge in [0.15, 0.2) is 0 Å². The number of fused-ring (bicyclic) bond motifs is 1. The molecule has 0 radical (unpaired) electrons. The van der Waals surface area contributed by atoms with E-state index in [1.54, 1.807) is 0 Å². The minimum Gasteiger partial charge on any atom is -0.381 e. The Bertz CT molecular complexity index is 1190. The van der Waals surface area contributed by atoms with Crippen molar-refractivity contribution >= 4 is 32.4 Å². The van der Waals surface area contributed by atoms with Crippen LogP contribution in [0.1, 0.15) is 41.6 Å². The van der Waals surface area contributed by atoms with E-state index in [1.807, 2.05) is 53.8 Å². The minimum absolute atomic E-state index is 0.314. The lowest BCUT2D eigenvalue weighted by atomic mass is 9.88. The maximum atomic E-state index is 13.0. The van der Waals surface area contributed by atoms with Gasteiger partial charge in [0.1, 0.15) is 0 Å². The number of amides is 1. The van der Waals surface area contributed by atoms with Gasteiger partial charge in [0, 0.05) is 41.0 Å². The molecule has 1 atom stereocenters. The van der Waals surface area contributed by atoms with E-state index in [4.69, 9.17) is 10.5 Å². The van der Waals surface area contributed by atoms with Crippen molar-refractivity contribution in [3.05, 3.63) is 59.8 Å². The molecule has 0 saturated carbocycles. The molecule has 1 fully saturated rings. The number of hydrogen-bond donors (Lipinski definition) is 2. The average Bonchev–Trinajstić information content (AvgIpc) is 3.23. The fraction of sp³-hybridized carbons (Fsp3) is 0.360. The second kappa shape index (κ2) is 9.48. The van der Waals surface area contributed by atoms with Crippen molar-refractivity contribution in [2.45, 2.75) is 25.7 Å².